The van der Waals surface area contributed by atoms with E-state index in [-0.39, 0.29) is 0 Å². The number of aromatic nitrogens is 2. The molecule has 16 heavy (non-hydrogen) atoms. The van der Waals surface area contributed by atoms with Crippen molar-refractivity contribution in [2.24, 2.45) is 0 Å². The molecular formula is C10H15ClN4S. The van der Waals surface area contributed by atoms with E-state index in [1.54, 1.807) is 0 Å². The molecule has 1 N–H and O–H groups in total. The second-order valence-corrected chi connectivity index (χ2v) is 5.43. The Labute approximate surface area is 104 Å². The van der Waals surface area contributed by atoms with Crippen molar-refractivity contribution in [1.29, 1.82) is 0 Å². The van der Waals surface area contributed by atoms with Gasteiger partial charge in [-0.2, -0.15) is 8.75 Å². The van der Waals surface area contributed by atoms with Gasteiger partial charge >= 0.3 is 0 Å². The summed E-state index contributed by atoms with van der Waals surface area (Å²) in [6.07, 6.45) is 5.19. The molecule has 2 unspecified atom stereocenters. The van der Waals surface area contributed by atoms with Crippen molar-refractivity contribution in [3.05, 3.63) is 5.15 Å². The number of rotatable bonds is 2. The van der Waals surface area contributed by atoms with Gasteiger partial charge in [-0.25, -0.2) is 0 Å². The molecule has 3 rings (SSSR count). The van der Waals surface area contributed by atoms with Gasteiger partial charge < -0.3 is 5.32 Å². The fourth-order valence-corrected chi connectivity index (χ4v) is 3.51. The van der Waals surface area contributed by atoms with Gasteiger partial charge in [-0.3, -0.25) is 4.90 Å². The summed E-state index contributed by atoms with van der Waals surface area (Å²) >= 11 is 7.12. The Hall–Kier alpha value is -0.390. The van der Waals surface area contributed by atoms with E-state index in [0.29, 0.717) is 17.2 Å². The fourth-order valence-electron chi connectivity index (χ4n) is 2.86. The first-order chi connectivity index (χ1) is 7.84. The van der Waals surface area contributed by atoms with E-state index in [9.17, 15) is 0 Å². The van der Waals surface area contributed by atoms with Crippen LogP contribution in [-0.4, -0.2) is 38.8 Å². The summed E-state index contributed by atoms with van der Waals surface area (Å²) in [6.45, 7) is 2.46. The molecule has 0 bridgehead atoms. The highest BCUT2D eigenvalue weighted by molar-refractivity contribution is 6.99. The van der Waals surface area contributed by atoms with Crippen molar-refractivity contribution in [1.82, 2.24) is 13.6 Å². The second-order valence-electron chi connectivity index (χ2n) is 4.54. The van der Waals surface area contributed by atoms with Crippen LogP contribution in [0, 0.1) is 0 Å². The van der Waals surface area contributed by atoms with Gasteiger partial charge in [0, 0.05) is 18.6 Å². The highest BCUT2D eigenvalue weighted by atomic mass is 35.5. The zero-order valence-corrected chi connectivity index (χ0v) is 10.6. The van der Waals surface area contributed by atoms with Crippen molar-refractivity contribution in [2.75, 3.05) is 18.4 Å². The van der Waals surface area contributed by atoms with Crippen molar-refractivity contribution in [2.45, 2.75) is 37.8 Å². The van der Waals surface area contributed by atoms with Crippen LogP contribution in [0.15, 0.2) is 0 Å². The van der Waals surface area contributed by atoms with Crippen LogP contribution in [0.2, 0.25) is 5.15 Å². The number of hydrogen-bond acceptors (Lipinski definition) is 5. The van der Waals surface area contributed by atoms with Gasteiger partial charge in [0.25, 0.3) is 0 Å². The lowest BCUT2D eigenvalue weighted by Crippen LogP contribution is -2.41. The van der Waals surface area contributed by atoms with Crippen LogP contribution in [0.3, 0.4) is 0 Å². The summed E-state index contributed by atoms with van der Waals surface area (Å²) in [5, 5.41) is 3.96. The van der Waals surface area contributed by atoms with Crippen LogP contribution in [0.4, 0.5) is 5.82 Å². The molecule has 1 aromatic heterocycles. The zero-order chi connectivity index (χ0) is 11.0. The van der Waals surface area contributed by atoms with Crippen LogP contribution in [-0.2, 0) is 0 Å². The number of nitrogens with one attached hydrogen (secondary N) is 1. The van der Waals surface area contributed by atoms with E-state index in [0.717, 1.165) is 5.82 Å². The van der Waals surface area contributed by atoms with Gasteiger partial charge in [-0.1, -0.05) is 18.0 Å². The zero-order valence-electron chi connectivity index (χ0n) is 9.03. The van der Waals surface area contributed by atoms with E-state index in [1.807, 2.05) is 0 Å². The standard InChI is InChI=1S/C10H15ClN4S/c11-9-10(14-16-13-9)12-7-4-6-15-5-2-1-3-8(7)15/h7-8H,1-6H2,(H,12,14). The molecule has 0 radical (unpaired) electrons. The molecule has 0 spiro atoms. The minimum atomic E-state index is 0.502. The van der Waals surface area contributed by atoms with Crippen molar-refractivity contribution in [3.8, 4) is 0 Å². The third-order valence-electron chi connectivity index (χ3n) is 3.63. The van der Waals surface area contributed by atoms with Crippen LogP contribution in [0.1, 0.15) is 25.7 Å². The summed E-state index contributed by atoms with van der Waals surface area (Å²) in [6, 6.07) is 1.17. The molecule has 0 aromatic carbocycles. The van der Waals surface area contributed by atoms with Crippen molar-refractivity contribution < 1.29 is 0 Å². The van der Waals surface area contributed by atoms with Crippen LogP contribution < -0.4 is 5.32 Å². The summed E-state index contributed by atoms with van der Waals surface area (Å²) in [5.74, 6) is 0.768. The lowest BCUT2D eigenvalue weighted by Gasteiger charge is -2.32. The van der Waals surface area contributed by atoms with E-state index >= 15 is 0 Å². The summed E-state index contributed by atoms with van der Waals surface area (Å²) in [5.41, 5.74) is 0. The molecule has 3 heterocycles. The van der Waals surface area contributed by atoms with Gasteiger partial charge in [0.15, 0.2) is 11.0 Å². The molecule has 2 atom stereocenters. The summed E-state index contributed by atoms with van der Waals surface area (Å²) in [4.78, 5) is 2.59. The van der Waals surface area contributed by atoms with E-state index < -0.39 is 0 Å². The Kier molecular flexibility index (Phi) is 3.00. The van der Waals surface area contributed by atoms with E-state index in [1.165, 1.54) is 50.5 Å². The number of hydrogen-bond donors (Lipinski definition) is 1. The fraction of sp³-hybridized carbons (Fsp3) is 0.800. The normalized spacial score (nSPS) is 30.3. The SMILES string of the molecule is Clc1nsnc1NC1CCN2CCCCC12. The molecule has 2 saturated heterocycles. The predicted molar refractivity (Wildman–Crippen MR) is 66.2 cm³/mol. The molecule has 6 heteroatoms. The average Bonchev–Trinajstić information content (AvgIpc) is 2.88. The monoisotopic (exact) mass is 258 g/mol. The Morgan fingerprint density at radius 1 is 1.25 bits per heavy atom. The van der Waals surface area contributed by atoms with Crippen LogP contribution >= 0.6 is 23.3 Å². The third kappa shape index (κ3) is 1.92. The number of anilines is 1. The van der Waals surface area contributed by atoms with Crippen molar-refractivity contribution >= 4 is 29.1 Å². The van der Waals surface area contributed by atoms with Gasteiger partial charge in [-0.15, -0.1) is 0 Å². The molecule has 4 nitrogen and oxygen atoms in total. The van der Waals surface area contributed by atoms with E-state index in [2.05, 4.69) is 19.0 Å². The first-order valence-corrected chi connectivity index (χ1v) is 6.94. The highest BCUT2D eigenvalue weighted by Gasteiger charge is 2.35. The largest absolute Gasteiger partial charge is 0.362 e. The van der Waals surface area contributed by atoms with Gasteiger partial charge in [-0.05, 0) is 25.8 Å². The quantitative estimate of drug-likeness (QED) is 0.883. The molecular weight excluding hydrogens is 244 g/mol. The Morgan fingerprint density at radius 3 is 3.00 bits per heavy atom. The number of halogens is 1. The first-order valence-electron chi connectivity index (χ1n) is 5.83. The number of fused-ring (bicyclic) bond motifs is 1. The lowest BCUT2D eigenvalue weighted by molar-refractivity contribution is 0.192. The number of nitrogens with zero attached hydrogens (tertiary/aromatic N) is 3. The first kappa shape index (κ1) is 10.7. The van der Waals surface area contributed by atoms with E-state index in [4.69, 9.17) is 11.6 Å². The second kappa shape index (κ2) is 4.47. The maximum Gasteiger partial charge on any atom is 0.186 e. The average molecular weight is 259 g/mol. The molecule has 88 valence electrons. The molecule has 2 aliphatic heterocycles. The van der Waals surface area contributed by atoms with Crippen LogP contribution in [0.25, 0.3) is 0 Å². The predicted octanol–water partition coefficient (Wildman–Crippen LogP) is 2.23. The Bertz CT molecular complexity index is 369. The summed E-state index contributed by atoms with van der Waals surface area (Å²) in [7, 11) is 0. The Morgan fingerprint density at radius 2 is 2.19 bits per heavy atom. The lowest BCUT2D eigenvalue weighted by atomic mass is 9.99. The molecule has 1 aromatic rings. The number of piperidine rings is 1. The highest BCUT2D eigenvalue weighted by Crippen LogP contribution is 2.30. The summed E-state index contributed by atoms with van der Waals surface area (Å²) < 4.78 is 8.17. The Balaban J connectivity index is 1.69. The maximum absolute atomic E-state index is 5.95. The van der Waals surface area contributed by atoms with Crippen molar-refractivity contribution in [3.63, 3.8) is 0 Å². The smallest absolute Gasteiger partial charge is 0.186 e. The minimum absolute atomic E-state index is 0.502. The van der Waals surface area contributed by atoms with Crippen LogP contribution in [0.5, 0.6) is 0 Å². The molecule has 2 fully saturated rings. The topological polar surface area (TPSA) is 41.1 Å². The van der Waals surface area contributed by atoms with Gasteiger partial charge in [0.2, 0.25) is 0 Å². The third-order valence-corrected chi connectivity index (χ3v) is 4.52. The minimum Gasteiger partial charge on any atom is -0.362 e. The molecule has 0 aliphatic carbocycles. The molecule has 2 aliphatic rings. The molecule has 0 amide bonds. The van der Waals surface area contributed by atoms with Gasteiger partial charge in [0.05, 0.1) is 11.7 Å². The maximum atomic E-state index is 5.95. The van der Waals surface area contributed by atoms with Gasteiger partial charge in [0.1, 0.15) is 0 Å². The molecule has 0 saturated carbocycles.